The monoisotopic (exact) mass is 1540 g/mol. The van der Waals surface area contributed by atoms with Crippen molar-refractivity contribution in [3.05, 3.63) is 508 Å². The van der Waals surface area contributed by atoms with E-state index in [-0.39, 0.29) is 0 Å². The Morgan fingerprint density at radius 3 is 0.727 bits per heavy atom. The Labute approximate surface area is 705 Å². The summed E-state index contributed by atoms with van der Waals surface area (Å²) < 4.78 is 2.47. The third-order valence-electron chi connectivity index (χ3n) is 24.3. The summed E-state index contributed by atoms with van der Waals surface area (Å²) in [7, 11) is 0. The first-order valence-electron chi connectivity index (χ1n) is 41.5. The van der Waals surface area contributed by atoms with Crippen LogP contribution in [0.15, 0.2) is 485 Å². The molecule has 0 amide bonds. The normalized spacial score (nSPS) is 12.0. The number of benzene rings is 19. The minimum absolute atomic E-state index is 0.513. The first-order chi connectivity index (χ1) is 60.0. The maximum atomic E-state index is 2.50. The Morgan fingerprint density at radius 1 is 0.149 bits per heavy atom. The topological polar surface area (TPSA) is 21.1 Å². The van der Waals surface area contributed by atoms with Gasteiger partial charge >= 0.3 is 0 Å². The molecule has 2 aliphatic carbocycles. The van der Waals surface area contributed by atoms with Crippen LogP contribution in [-0.2, 0) is 5.41 Å². The van der Waals surface area contributed by atoms with E-state index in [1.807, 2.05) is 0 Å². The van der Waals surface area contributed by atoms with Crippen LogP contribution in [0.5, 0.6) is 0 Å². The van der Waals surface area contributed by atoms with Crippen LogP contribution in [0.1, 0.15) is 22.3 Å². The predicted molar refractivity (Wildman–Crippen MR) is 507 cm³/mol. The molecule has 0 saturated carbocycles. The van der Waals surface area contributed by atoms with Crippen molar-refractivity contribution >= 4 is 107 Å². The van der Waals surface area contributed by atoms with Gasteiger partial charge in [0.25, 0.3) is 0 Å². The van der Waals surface area contributed by atoms with Gasteiger partial charge in [-0.15, -0.1) is 0 Å². The summed E-state index contributed by atoms with van der Waals surface area (Å²) in [4.78, 5) is 11.8. The fraction of sp³-hybridized carbons (Fsp3) is 0.00870. The molecule has 1 heterocycles. The summed E-state index contributed by atoms with van der Waals surface area (Å²) in [5.41, 5.74) is 35.9. The zero-order chi connectivity index (χ0) is 80.2. The Morgan fingerprint density at radius 2 is 0.372 bits per heavy atom. The van der Waals surface area contributed by atoms with E-state index in [0.717, 1.165) is 119 Å². The highest BCUT2D eigenvalue weighted by molar-refractivity contribution is 6.12. The first kappa shape index (κ1) is 71.5. The molecule has 570 valence electrons. The Hall–Kier alpha value is -16.0. The van der Waals surface area contributed by atoms with E-state index in [4.69, 9.17) is 0 Å². The molecule has 0 aliphatic heterocycles. The van der Waals surface area contributed by atoms with Gasteiger partial charge in [0.1, 0.15) is 0 Å². The number of para-hydroxylation sites is 5. The van der Waals surface area contributed by atoms with Gasteiger partial charge in [-0.05, 0) is 278 Å². The molecule has 2 aliphatic rings. The third kappa shape index (κ3) is 12.7. The summed E-state index contributed by atoms with van der Waals surface area (Å²) >= 11 is 0. The molecule has 6 nitrogen and oxygen atoms in total. The van der Waals surface area contributed by atoms with E-state index in [9.17, 15) is 0 Å². The molecule has 121 heavy (non-hydrogen) atoms. The average molecular weight is 1550 g/mol. The first-order valence-corrected chi connectivity index (χ1v) is 41.5. The molecule has 6 heteroatoms. The van der Waals surface area contributed by atoms with Gasteiger partial charge in [-0.2, -0.15) is 0 Å². The van der Waals surface area contributed by atoms with Crippen LogP contribution < -0.4 is 24.5 Å². The molecule has 1 aromatic heterocycles. The smallest absolute Gasteiger partial charge is 0.0726 e. The van der Waals surface area contributed by atoms with E-state index in [1.165, 1.54) is 72.0 Å². The van der Waals surface area contributed by atoms with Crippen molar-refractivity contribution in [2.45, 2.75) is 5.41 Å². The minimum atomic E-state index is -0.513. The van der Waals surface area contributed by atoms with Crippen molar-refractivity contribution in [2.75, 3.05) is 24.5 Å². The van der Waals surface area contributed by atoms with Gasteiger partial charge < -0.3 is 29.1 Å². The predicted octanol–water partition coefficient (Wildman–Crippen LogP) is 31.5. The molecule has 19 aromatic carbocycles. The van der Waals surface area contributed by atoms with Crippen LogP contribution >= 0.6 is 0 Å². The van der Waals surface area contributed by atoms with Crippen molar-refractivity contribution in [1.29, 1.82) is 0 Å². The minimum Gasteiger partial charge on any atom is -0.311 e. The largest absolute Gasteiger partial charge is 0.311 e. The molecule has 20 aromatic rings. The van der Waals surface area contributed by atoms with E-state index >= 15 is 0 Å². The standard InChI is InChI=1S/C115H80N6/c1-8-28-81(29-9-1)83-48-55-92(56-49-83)118(97-65-61-95(62-66-97)116(87-32-12-3-13-33-87)88-34-14-4-15-35-88)99-69-71-100(72-70-99)119(98-67-63-96(64-68-98)117(89-36-16-5-17-37-89)90-38-18-6-19-39-90)93-59-52-85(53-60-93)86-54-75-107-108-77-74-102(80-114(108)121(113(107)78-86)91-40-20-7-21-41-91)120(94-57-50-84(51-58-94)82-30-10-2-11-31-82)101-73-76-106-105-44-24-27-47-111(105)115(112(106)79-101)109-45-25-22-42-103(109)104-43-23-26-46-110(104)115/h1-80H. The average Bonchev–Trinajstić information content (AvgIpc) is 1.51. The molecular formula is C115H80N6. The quantitative estimate of drug-likeness (QED) is 0.0802. The summed E-state index contributed by atoms with van der Waals surface area (Å²) in [5, 5.41) is 2.35. The second kappa shape index (κ2) is 30.6. The Bertz CT molecular complexity index is 6990. The lowest BCUT2D eigenvalue weighted by molar-refractivity contribution is 0.793. The lowest BCUT2D eigenvalue weighted by atomic mass is 9.70. The molecule has 0 N–H and O–H groups in total. The van der Waals surface area contributed by atoms with Crippen molar-refractivity contribution in [2.24, 2.45) is 0 Å². The fourth-order valence-electron chi connectivity index (χ4n) is 18.9. The Kier molecular flexibility index (Phi) is 18.1. The molecule has 0 radical (unpaired) electrons. The highest BCUT2D eigenvalue weighted by Crippen LogP contribution is 2.64. The summed E-state index contributed by atoms with van der Waals surface area (Å²) in [6, 6.07) is 177. The Balaban J connectivity index is 0.654. The van der Waals surface area contributed by atoms with Crippen molar-refractivity contribution in [3.8, 4) is 61.3 Å². The SMILES string of the molecule is c1ccc(-c2ccc(N(c3ccc(N(c4ccccc4)c4ccccc4)cc3)c3ccc(N(c4ccc(-c5ccc6c7ccc(N(c8ccc(-c9ccccc9)cc8)c8ccc9c(c8)C8(c%10ccccc%10-c%10ccccc%108)c8ccccc8-9)cc7n(-c7ccccc7)c6c5)cc4)c4ccc(N(c5ccccc5)c5ccccc5)cc4)cc3)cc2)cc1. The molecule has 0 bridgehead atoms. The molecule has 22 rings (SSSR count). The number of hydrogen-bond donors (Lipinski definition) is 0. The molecule has 0 fully saturated rings. The van der Waals surface area contributed by atoms with E-state index in [0.29, 0.717) is 0 Å². The molecule has 0 atom stereocenters. The van der Waals surface area contributed by atoms with Crippen molar-refractivity contribution in [1.82, 2.24) is 4.57 Å². The van der Waals surface area contributed by atoms with Crippen LogP contribution in [-0.4, -0.2) is 4.57 Å². The zero-order valence-electron chi connectivity index (χ0n) is 66.4. The second-order valence-electron chi connectivity index (χ2n) is 31.2. The van der Waals surface area contributed by atoms with Gasteiger partial charge in [-0.1, -0.05) is 285 Å². The second-order valence-corrected chi connectivity index (χ2v) is 31.2. The maximum absolute atomic E-state index is 2.50. The van der Waals surface area contributed by atoms with Crippen LogP contribution in [0.25, 0.3) is 83.1 Å². The van der Waals surface area contributed by atoms with Crippen molar-refractivity contribution < 1.29 is 0 Å². The van der Waals surface area contributed by atoms with E-state index in [2.05, 4.69) is 514 Å². The molecule has 0 saturated heterocycles. The highest BCUT2D eigenvalue weighted by Gasteiger charge is 2.52. The molecule has 1 spiro atoms. The number of anilines is 15. The van der Waals surface area contributed by atoms with Crippen LogP contribution in [0.4, 0.5) is 85.3 Å². The summed E-state index contributed by atoms with van der Waals surface area (Å²) in [5.74, 6) is 0. The number of nitrogens with zero attached hydrogens (tertiary/aromatic N) is 6. The third-order valence-corrected chi connectivity index (χ3v) is 24.3. The van der Waals surface area contributed by atoms with Gasteiger partial charge in [0.05, 0.1) is 16.4 Å². The number of rotatable bonds is 19. The van der Waals surface area contributed by atoms with Crippen LogP contribution in [0.3, 0.4) is 0 Å². The molecular weight excluding hydrogens is 1470 g/mol. The van der Waals surface area contributed by atoms with Crippen LogP contribution in [0.2, 0.25) is 0 Å². The van der Waals surface area contributed by atoms with Gasteiger partial charge in [0.15, 0.2) is 0 Å². The van der Waals surface area contributed by atoms with Gasteiger partial charge in [0, 0.05) is 102 Å². The van der Waals surface area contributed by atoms with Gasteiger partial charge in [-0.25, -0.2) is 0 Å². The van der Waals surface area contributed by atoms with E-state index in [1.54, 1.807) is 0 Å². The number of aromatic nitrogens is 1. The van der Waals surface area contributed by atoms with Gasteiger partial charge in [-0.3, -0.25) is 0 Å². The fourth-order valence-corrected chi connectivity index (χ4v) is 18.9. The maximum Gasteiger partial charge on any atom is 0.0726 e. The van der Waals surface area contributed by atoms with E-state index < -0.39 is 5.41 Å². The highest BCUT2D eigenvalue weighted by atomic mass is 15.2. The van der Waals surface area contributed by atoms with Crippen molar-refractivity contribution in [3.63, 3.8) is 0 Å². The number of fused-ring (bicyclic) bond motifs is 13. The molecule has 0 unspecified atom stereocenters. The lowest BCUT2D eigenvalue weighted by Crippen LogP contribution is -2.26. The summed E-state index contributed by atoms with van der Waals surface area (Å²) in [6.45, 7) is 0. The van der Waals surface area contributed by atoms with Crippen LogP contribution in [0, 0.1) is 0 Å². The summed E-state index contributed by atoms with van der Waals surface area (Å²) in [6.07, 6.45) is 0. The zero-order valence-corrected chi connectivity index (χ0v) is 66.4. The van der Waals surface area contributed by atoms with Gasteiger partial charge in [0.2, 0.25) is 0 Å². The number of hydrogen-bond acceptors (Lipinski definition) is 5. The lowest BCUT2D eigenvalue weighted by Gasteiger charge is -2.32.